The highest BCUT2D eigenvalue weighted by Gasteiger charge is 2.13. The Kier molecular flexibility index (Phi) is 4.69. The fraction of sp³-hybridized carbons (Fsp3) is 0.308. The molecule has 1 aromatic heterocycles. The van der Waals surface area contributed by atoms with Crippen molar-refractivity contribution in [3.63, 3.8) is 0 Å². The van der Waals surface area contributed by atoms with Crippen molar-refractivity contribution in [2.45, 2.75) is 35.9 Å². The lowest BCUT2D eigenvalue weighted by Crippen LogP contribution is -2.21. The first-order valence-electron chi connectivity index (χ1n) is 5.81. The number of hydrogen-bond donors (Lipinski definition) is 1. The number of hydrogen-bond acceptors (Lipinski definition) is 4. The summed E-state index contributed by atoms with van der Waals surface area (Å²) in [5.41, 5.74) is 7.08. The number of nitrogens with two attached hydrogens (primary N) is 1. The van der Waals surface area contributed by atoms with E-state index in [1.807, 2.05) is 18.2 Å². The Hall–Kier alpha value is -0.970. The van der Waals surface area contributed by atoms with Gasteiger partial charge >= 0.3 is 0 Å². The summed E-state index contributed by atoms with van der Waals surface area (Å²) in [6, 6.07) is 5.94. The molecule has 1 atom stereocenters. The molecule has 0 aliphatic carbocycles. The molecule has 0 radical (unpaired) electrons. The van der Waals surface area contributed by atoms with Gasteiger partial charge in [0.2, 0.25) is 0 Å². The maximum atomic E-state index is 6.25. The van der Waals surface area contributed by atoms with Crippen molar-refractivity contribution in [3.8, 4) is 0 Å². The Morgan fingerprint density at radius 2 is 2.33 bits per heavy atom. The summed E-state index contributed by atoms with van der Waals surface area (Å²) in [5, 5.41) is 1.36. The van der Waals surface area contributed by atoms with Gasteiger partial charge in [0.15, 0.2) is 0 Å². The molecule has 0 spiro atoms. The van der Waals surface area contributed by atoms with Crippen molar-refractivity contribution in [1.82, 2.24) is 4.98 Å². The summed E-state index contributed by atoms with van der Waals surface area (Å²) >= 11 is 7.72. The molecule has 5 heteroatoms. The second-order valence-corrected chi connectivity index (χ2v) is 5.39. The van der Waals surface area contributed by atoms with Gasteiger partial charge in [0, 0.05) is 16.0 Å². The number of halogens is 1. The molecule has 0 aliphatic rings. The minimum absolute atomic E-state index is 0.119. The zero-order valence-corrected chi connectivity index (χ0v) is 11.7. The molecule has 2 N–H and O–H groups in total. The van der Waals surface area contributed by atoms with Crippen molar-refractivity contribution in [2.75, 3.05) is 0 Å². The van der Waals surface area contributed by atoms with Crippen LogP contribution in [0.3, 0.4) is 0 Å². The molecule has 0 saturated carbocycles. The Balaban J connectivity index is 2.26. The van der Waals surface area contributed by atoms with Gasteiger partial charge in [0.05, 0.1) is 6.20 Å². The number of benzene rings is 1. The van der Waals surface area contributed by atoms with E-state index in [0.717, 1.165) is 28.3 Å². The highest BCUT2D eigenvalue weighted by molar-refractivity contribution is 7.99. The first kappa shape index (κ1) is 13.5. The van der Waals surface area contributed by atoms with E-state index in [9.17, 15) is 0 Å². The van der Waals surface area contributed by atoms with Crippen LogP contribution in [0.4, 0.5) is 0 Å². The summed E-state index contributed by atoms with van der Waals surface area (Å²) < 4.78 is 5.24. The molecule has 18 heavy (non-hydrogen) atoms. The van der Waals surface area contributed by atoms with Crippen LogP contribution in [-0.4, -0.2) is 11.0 Å². The summed E-state index contributed by atoms with van der Waals surface area (Å²) in [6.45, 7) is 2.07. The van der Waals surface area contributed by atoms with E-state index in [4.69, 9.17) is 21.8 Å². The molecule has 0 fully saturated rings. The molecule has 0 aliphatic heterocycles. The molecular formula is C13H15ClN2OS. The molecule has 0 bridgehead atoms. The van der Waals surface area contributed by atoms with Crippen LogP contribution in [0.15, 0.2) is 45.2 Å². The molecular weight excluding hydrogens is 268 g/mol. The van der Waals surface area contributed by atoms with Crippen LogP contribution >= 0.6 is 23.4 Å². The van der Waals surface area contributed by atoms with Crippen LogP contribution in [0.2, 0.25) is 5.02 Å². The maximum Gasteiger partial charge on any atom is 0.260 e. The van der Waals surface area contributed by atoms with Crippen LogP contribution < -0.4 is 5.73 Å². The molecule has 2 aromatic rings. The normalized spacial score (nSPS) is 12.6. The Morgan fingerprint density at radius 1 is 1.50 bits per heavy atom. The predicted octanol–water partition coefficient (Wildman–Crippen LogP) is 3.76. The fourth-order valence-electron chi connectivity index (χ4n) is 1.59. The average molecular weight is 283 g/mol. The lowest BCUT2D eigenvalue weighted by atomic mass is 10.0. The zero-order chi connectivity index (χ0) is 13.0. The Morgan fingerprint density at radius 3 is 3.00 bits per heavy atom. The zero-order valence-electron chi connectivity index (χ0n) is 10.1. The third-order valence-corrected chi connectivity index (χ3v) is 4.01. The summed E-state index contributed by atoms with van der Waals surface area (Å²) in [5.74, 6) is 0. The monoisotopic (exact) mass is 282 g/mol. The summed E-state index contributed by atoms with van der Waals surface area (Å²) in [7, 11) is 0. The molecule has 0 amide bonds. The Bertz CT molecular complexity index is 502. The molecule has 96 valence electrons. The van der Waals surface area contributed by atoms with Crippen molar-refractivity contribution in [2.24, 2.45) is 5.73 Å². The van der Waals surface area contributed by atoms with Crippen LogP contribution in [0.5, 0.6) is 0 Å². The van der Waals surface area contributed by atoms with Gasteiger partial charge in [-0.3, -0.25) is 0 Å². The SMILES string of the molecule is CCC(N)Cc1c(Cl)cccc1Sc1ncco1. The quantitative estimate of drug-likeness (QED) is 0.907. The van der Waals surface area contributed by atoms with Crippen LogP contribution in [0, 0.1) is 0 Å². The first-order chi connectivity index (χ1) is 8.70. The predicted molar refractivity (Wildman–Crippen MR) is 74.0 cm³/mol. The van der Waals surface area contributed by atoms with Crippen molar-refractivity contribution >= 4 is 23.4 Å². The van der Waals surface area contributed by atoms with E-state index in [1.54, 1.807) is 12.5 Å². The summed E-state index contributed by atoms with van der Waals surface area (Å²) in [4.78, 5) is 5.15. The number of aromatic nitrogens is 1. The van der Waals surface area contributed by atoms with Gasteiger partial charge in [0.25, 0.3) is 5.22 Å². The van der Waals surface area contributed by atoms with Crippen LogP contribution in [-0.2, 0) is 6.42 Å². The number of rotatable bonds is 5. The molecule has 1 unspecified atom stereocenters. The first-order valence-corrected chi connectivity index (χ1v) is 7.00. The second kappa shape index (κ2) is 6.27. The highest BCUT2D eigenvalue weighted by atomic mass is 35.5. The third kappa shape index (κ3) is 3.28. The Labute approximate surface area is 116 Å². The lowest BCUT2D eigenvalue weighted by Gasteiger charge is -2.13. The van der Waals surface area contributed by atoms with Gasteiger partial charge in [-0.15, -0.1) is 0 Å². The van der Waals surface area contributed by atoms with Gasteiger partial charge in [-0.25, -0.2) is 4.98 Å². The van der Waals surface area contributed by atoms with E-state index in [1.165, 1.54) is 11.8 Å². The molecule has 0 saturated heterocycles. The van der Waals surface area contributed by atoms with Crippen LogP contribution in [0.25, 0.3) is 0 Å². The van der Waals surface area contributed by atoms with Gasteiger partial charge < -0.3 is 10.2 Å². The third-order valence-electron chi connectivity index (χ3n) is 2.67. The lowest BCUT2D eigenvalue weighted by molar-refractivity contribution is 0.454. The largest absolute Gasteiger partial charge is 0.440 e. The second-order valence-electron chi connectivity index (χ2n) is 3.99. The smallest absolute Gasteiger partial charge is 0.260 e. The average Bonchev–Trinajstić information content (AvgIpc) is 2.86. The minimum Gasteiger partial charge on any atom is -0.440 e. The van der Waals surface area contributed by atoms with E-state index in [2.05, 4.69) is 11.9 Å². The van der Waals surface area contributed by atoms with Crippen molar-refractivity contribution < 1.29 is 4.42 Å². The van der Waals surface area contributed by atoms with Crippen LogP contribution in [0.1, 0.15) is 18.9 Å². The van der Waals surface area contributed by atoms with Gasteiger partial charge in [-0.05, 0) is 42.3 Å². The van der Waals surface area contributed by atoms with E-state index < -0.39 is 0 Å². The van der Waals surface area contributed by atoms with E-state index >= 15 is 0 Å². The van der Waals surface area contributed by atoms with E-state index in [-0.39, 0.29) is 6.04 Å². The molecule has 1 aromatic carbocycles. The molecule has 3 nitrogen and oxygen atoms in total. The summed E-state index contributed by atoms with van der Waals surface area (Å²) in [6.07, 6.45) is 4.88. The standard InChI is InChI=1S/C13H15ClN2OS/c1-2-9(15)8-10-11(14)4-3-5-12(10)18-13-16-6-7-17-13/h3-7,9H,2,8,15H2,1H3. The van der Waals surface area contributed by atoms with Crippen molar-refractivity contribution in [1.29, 1.82) is 0 Å². The molecule has 2 rings (SSSR count). The van der Waals surface area contributed by atoms with Gasteiger partial charge in [0.1, 0.15) is 6.26 Å². The maximum absolute atomic E-state index is 6.25. The molecule has 1 heterocycles. The highest BCUT2D eigenvalue weighted by Crippen LogP contribution is 2.33. The van der Waals surface area contributed by atoms with Gasteiger partial charge in [-0.1, -0.05) is 24.6 Å². The minimum atomic E-state index is 0.119. The number of nitrogens with zero attached hydrogens (tertiary/aromatic N) is 1. The fourth-order valence-corrected chi connectivity index (χ4v) is 2.77. The van der Waals surface area contributed by atoms with E-state index in [0.29, 0.717) is 5.22 Å². The number of oxazole rings is 1. The van der Waals surface area contributed by atoms with Crippen molar-refractivity contribution in [3.05, 3.63) is 41.2 Å². The van der Waals surface area contributed by atoms with Gasteiger partial charge in [-0.2, -0.15) is 0 Å². The topological polar surface area (TPSA) is 52.0 Å².